The molecule has 0 amide bonds. The zero-order valence-electron chi connectivity index (χ0n) is 22.9. The Labute approximate surface area is 244 Å². The molecule has 1 aromatic heterocycles. The minimum Gasteiger partial charge on any atom is -0.399 e. The topological polar surface area (TPSA) is 43.8 Å². The van der Waals surface area contributed by atoms with Crippen molar-refractivity contribution in [3.8, 4) is 39.3 Å². The van der Waals surface area contributed by atoms with Crippen LogP contribution in [0.3, 0.4) is 0 Å². The molecule has 198 valence electrons. The van der Waals surface area contributed by atoms with Gasteiger partial charge in [-0.2, -0.15) is 0 Å². The lowest BCUT2D eigenvalue weighted by Gasteiger charge is -2.18. The maximum Gasteiger partial charge on any atom is 0.145 e. The fourth-order valence-electron chi connectivity index (χ4n) is 6.24. The average molecular weight is 538 g/mol. The van der Waals surface area contributed by atoms with Crippen LogP contribution in [0, 0.1) is 0 Å². The van der Waals surface area contributed by atoms with Crippen molar-refractivity contribution in [3.05, 3.63) is 152 Å². The average Bonchev–Trinajstić information content (AvgIpc) is 3.44. The number of nitrogens with two attached hydrogens (primary N) is 1. The molecule has 3 heteroatoms. The van der Waals surface area contributed by atoms with Gasteiger partial charge in [-0.1, -0.05) is 115 Å². The molecule has 0 saturated carbocycles. The maximum absolute atomic E-state index is 6.04. The van der Waals surface area contributed by atoms with Crippen molar-refractivity contribution in [2.75, 3.05) is 5.73 Å². The van der Waals surface area contributed by atoms with Crippen LogP contribution in [0.25, 0.3) is 71.9 Å². The van der Waals surface area contributed by atoms with E-state index in [2.05, 4.69) is 132 Å². The van der Waals surface area contributed by atoms with E-state index < -0.39 is 0 Å². The Bertz CT molecular complexity index is 2170. The first kappa shape index (κ1) is 24.2. The van der Waals surface area contributed by atoms with Crippen LogP contribution in [0.4, 0.5) is 5.69 Å². The van der Waals surface area contributed by atoms with Gasteiger partial charge in [0.1, 0.15) is 5.82 Å². The van der Waals surface area contributed by atoms with Crippen molar-refractivity contribution in [2.45, 2.75) is 0 Å². The predicted molar refractivity (Wildman–Crippen MR) is 177 cm³/mol. The van der Waals surface area contributed by atoms with Crippen molar-refractivity contribution in [1.29, 1.82) is 0 Å². The molecule has 0 aliphatic carbocycles. The number of nitrogen functional groups attached to an aromatic ring is 1. The number of anilines is 1. The van der Waals surface area contributed by atoms with Crippen molar-refractivity contribution >= 4 is 38.3 Å². The highest BCUT2D eigenvalue weighted by Crippen LogP contribution is 2.44. The van der Waals surface area contributed by atoms with Crippen molar-refractivity contribution < 1.29 is 0 Å². The number of nitrogens with zero attached hydrogens (tertiary/aromatic N) is 2. The van der Waals surface area contributed by atoms with Crippen LogP contribution in [0.2, 0.25) is 0 Å². The minimum atomic E-state index is 0.768. The van der Waals surface area contributed by atoms with E-state index >= 15 is 0 Å². The lowest BCUT2D eigenvalue weighted by atomic mass is 9.86. The molecule has 3 nitrogen and oxygen atoms in total. The molecule has 2 N–H and O–H groups in total. The van der Waals surface area contributed by atoms with Gasteiger partial charge >= 0.3 is 0 Å². The Kier molecular flexibility index (Phi) is 5.61. The molecule has 1 heterocycles. The maximum atomic E-state index is 6.04. The molecule has 8 rings (SSSR count). The summed E-state index contributed by atoms with van der Waals surface area (Å²) in [7, 11) is 0. The third kappa shape index (κ3) is 3.87. The van der Waals surface area contributed by atoms with E-state index in [9.17, 15) is 0 Å². The molecule has 0 fully saturated rings. The predicted octanol–water partition coefficient (Wildman–Crippen LogP) is 9.92. The highest BCUT2D eigenvalue weighted by molar-refractivity contribution is 6.21. The zero-order valence-corrected chi connectivity index (χ0v) is 22.9. The smallest absolute Gasteiger partial charge is 0.145 e. The monoisotopic (exact) mass is 537 g/mol. The van der Waals surface area contributed by atoms with Crippen LogP contribution in [0.15, 0.2) is 152 Å². The summed E-state index contributed by atoms with van der Waals surface area (Å²) in [5.74, 6) is 0.933. The standard InChI is InChI=1S/C39H27N3/c40-29-24-22-27(23-25-29)38-33-14-6-4-12-31(33)37(32-13-5-7-15-34(32)38)26-18-20-28(21-19-26)39-41-35-16-8-9-17-36(35)42(39)30-10-2-1-3-11-30/h1-25H,40H2. The van der Waals surface area contributed by atoms with Gasteiger partial charge in [-0.05, 0) is 80.2 Å². The van der Waals surface area contributed by atoms with E-state index in [0.29, 0.717) is 0 Å². The van der Waals surface area contributed by atoms with Gasteiger partial charge in [0.2, 0.25) is 0 Å². The molecule has 0 radical (unpaired) electrons. The van der Waals surface area contributed by atoms with Crippen LogP contribution in [-0.4, -0.2) is 9.55 Å². The molecule has 0 aliphatic rings. The van der Waals surface area contributed by atoms with Gasteiger partial charge in [0.05, 0.1) is 11.0 Å². The first-order chi connectivity index (χ1) is 20.8. The molecule has 0 bridgehead atoms. The highest BCUT2D eigenvalue weighted by Gasteiger charge is 2.18. The Morgan fingerprint density at radius 1 is 0.429 bits per heavy atom. The number of rotatable bonds is 4. The fraction of sp³-hybridized carbons (Fsp3) is 0. The first-order valence-electron chi connectivity index (χ1n) is 14.2. The van der Waals surface area contributed by atoms with E-state index in [4.69, 9.17) is 10.7 Å². The first-order valence-corrected chi connectivity index (χ1v) is 14.2. The SMILES string of the molecule is Nc1ccc(-c2c3ccccc3c(-c3ccc(-c4nc5ccccc5n4-c4ccccc4)cc3)c3ccccc23)cc1. The number of aromatic nitrogens is 2. The number of fused-ring (bicyclic) bond motifs is 3. The van der Waals surface area contributed by atoms with Crippen LogP contribution >= 0.6 is 0 Å². The van der Waals surface area contributed by atoms with Gasteiger partial charge in [-0.25, -0.2) is 4.98 Å². The van der Waals surface area contributed by atoms with E-state index in [0.717, 1.165) is 33.8 Å². The minimum absolute atomic E-state index is 0.768. The van der Waals surface area contributed by atoms with Crippen molar-refractivity contribution in [1.82, 2.24) is 9.55 Å². The molecule has 8 aromatic rings. The Morgan fingerprint density at radius 2 is 0.881 bits per heavy atom. The normalized spacial score (nSPS) is 11.4. The lowest BCUT2D eigenvalue weighted by molar-refractivity contribution is 1.10. The third-order valence-corrected chi connectivity index (χ3v) is 8.14. The molecule has 0 atom stereocenters. The second-order valence-corrected chi connectivity index (χ2v) is 10.6. The summed E-state index contributed by atoms with van der Waals surface area (Å²) in [6, 6.07) is 53.3. The number of hydrogen-bond donors (Lipinski definition) is 1. The molecule has 0 aliphatic heterocycles. The largest absolute Gasteiger partial charge is 0.399 e. The zero-order chi connectivity index (χ0) is 28.0. The second kappa shape index (κ2) is 9.76. The molecule has 42 heavy (non-hydrogen) atoms. The molecular formula is C39H27N3. The third-order valence-electron chi connectivity index (χ3n) is 8.14. The van der Waals surface area contributed by atoms with E-state index in [1.54, 1.807) is 0 Å². The summed E-state index contributed by atoms with van der Waals surface area (Å²) >= 11 is 0. The summed E-state index contributed by atoms with van der Waals surface area (Å²) in [6.45, 7) is 0. The molecular weight excluding hydrogens is 510 g/mol. The Balaban J connectivity index is 1.34. The summed E-state index contributed by atoms with van der Waals surface area (Å²) in [5, 5.41) is 4.91. The summed E-state index contributed by atoms with van der Waals surface area (Å²) in [6.07, 6.45) is 0. The lowest BCUT2D eigenvalue weighted by Crippen LogP contribution is -1.97. The van der Waals surface area contributed by atoms with Gasteiger partial charge < -0.3 is 5.73 Å². The van der Waals surface area contributed by atoms with Crippen molar-refractivity contribution in [2.24, 2.45) is 0 Å². The molecule has 0 spiro atoms. The van der Waals surface area contributed by atoms with Gasteiger partial charge in [0.25, 0.3) is 0 Å². The van der Waals surface area contributed by atoms with Crippen LogP contribution in [0.5, 0.6) is 0 Å². The number of hydrogen-bond acceptors (Lipinski definition) is 2. The quantitative estimate of drug-likeness (QED) is 0.179. The highest BCUT2D eigenvalue weighted by atomic mass is 15.1. The van der Waals surface area contributed by atoms with Gasteiger partial charge in [-0.15, -0.1) is 0 Å². The van der Waals surface area contributed by atoms with Gasteiger partial charge in [-0.3, -0.25) is 4.57 Å². The molecule has 0 unspecified atom stereocenters. The summed E-state index contributed by atoms with van der Waals surface area (Å²) in [4.78, 5) is 5.07. The van der Waals surface area contributed by atoms with Crippen LogP contribution < -0.4 is 5.73 Å². The summed E-state index contributed by atoms with van der Waals surface area (Å²) in [5.41, 5.74) is 15.9. The number of imidazole rings is 1. The second-order valence-electron chi connectivity index (χ2n) is 10.6. The van der Waals surface area contributed by atoms with Gasteiger partial charge in [0, 0.05) is 16.9 Å². The van der Waals surface area contributed by atoms with E-state index in [1.807, 2.05) is 24.3 Å². The van der Waals surface area contributed by atoms with E-state index in [1.165, 1.54) is 43.8 Å². The van der Waals surface area contributed by atoms with E-state index in [-0.39, 0.29) is 0 Å². The van der Waals surface area contributed by atoms with Gasteiger partial charge in [0.15, 0.2) is 0 Å². The number of benzene rings is 7. The Morgan fingerprint density at radius 3 is 1.45 bits per heavy atom. The van der Waals surface area contributed by atoms with Crippen molar-refractivity contribution in [3.63, 3.8) is 0 Å². The van der Waals surface area contributed by atoms with Crippen LogP contribution in [0.1, 0.15) is 0 Å². The molecule has 7 aromatic carbocycles. The number of para-hydroxylation sites is 3. The molecule has 0 saturated heterocycles. The Hall–Kier alpha value is -5.67. The fourth-order valence-corrected chi connectivity index (χ4v) is 6.24. The van der Waals surface area contributed by atoms with Crippen LogP contribution in [-0.2, 0) is 0 Å². The summed E-state index contributed by atoms with van der Waals surface area (Å²) < 4.78 is 2.25.